The van der Waals surface area contributed by atoms with Crippen LogP contribution in [0.2, 0.25) is 6.32 Å². The summed E-state index contributed by atoms with van der Waals surface area (Å²) in [5.74, 6) is -1.80. The molecule has 1 unspecified atom stereocenters. The molecule has 5 N–H and O–H groups in total. The van der Waals surface area contributed by atoms with Crippen LogP contribution in [0.3, 0.4) is 0 Å². The van der Waals surface area contributed by atoms with Crippen LogP contribution in [0.4, 0.5) is 0 Å². The number of rotatable bonds is 7. The summed E-state index contributed by atoms with van der Waals surface area (Å²) in [7, 11) is -3.26. The predicted octanol–water partition coefficient (Wildman–Crippen LogP) is -2.41. The van der Waals surface area contributed by atoms with E-state index in [0.29, 0.717) is 25.9 Å². The summed E-state index contributed by atoms with van der Waals surface area (Å²) < 4.78 is 28.8. The number of aliphatic carboxylic acids is 1. The largest absolute Gasteiger partial charge is 0.480 e. The summed E-state index contributed by atoms with van der Waals surface area (Å²) in [6.07, 6.45) is 1.58. The summed E-state index contributed by atoms with van der Waals surface area (Å²) in [5.41, 5.74) is 4.43. The molecule has 0 aromatic carbocycles. The average Bonchev–Trinajstić information content (AvgIpc) is 3.26. The van der Waals surface area contributed by atoms with Gasteiger partial charge in [0, 0.05) is 44.2 Å². The lowest BCUT2D eigenvalue weighted by Crippen LogP contribution is -2.56. The molecule has 0 bridgehead atoms. The van der Waals surface area contributed by atoms with Crippen molar-refractivity contribution in [2.45, 2.75) is 43.2 Å². The summed E-state index contributed by atoms with van der Waals surface area (Å²) >= 11 is 0. The van der Waals surface area contributed by atoms with Crippen molar-refractivity contribution in [3.8, 4) is 0 Å². The highest BCUT2D eigenvalue weighted by Crippen LogP contribution is 2.40. The maximum Gasteiger partial charge on any atom is 0.451 e. The SMILES string of the molecule is CN1CCN(S(=O)(=O)N2C[C@H](CCCB(O)O)[C@](N)(C(=O)O)C2)C2C[C@@H]21. The molecular formula is C14H27BN4O6S. The molecule has 2 heterocycles. The van der Waals surface area contributed by atoms with Crippen molar-refractivity contribution < 1.29 is 28.4 Å². The lowest BCUT2D eigenvalue weighted by Gasteiger charge is -2.33. The first kappa shape index (κ1) is 20.0. The molecule has 148 valence electrons. The zero-order chi connectivity index (χ0) is 19.3. The molecule has 12 heteroatoms. The second kappa shape index (κ2) is 7.00. The zero-order valence-corrected chi connectivity index (χ0v) is 15.7. The van der Waals surface area contributed by atoms with Gasteiger partial charge >= 0.3 is 13.1 Å². The molecule has 0 spiro atoms. The number of hydrogen-bond acceptors (Lipinski definition) is 7. The fourth-order valence-corrected chi connectivity index (χ4v) is 6.11. The van der Waals surface area contributed by atoms with Crippen LogP contribution in [0, 0.1) is 5.92 Å². The molecule has 0 aromatic rings. The van der Waals surface area contributed by atoms with Crippen LogP contribution in [0.25, 0.3) is 0 Å². The van der Waals surface area contributed by atoms with Gasteiger partial charge in [0.15, 0.2) is 0 Å². The van der Waals surface area contributed by atoms with Crippen molar-refractivity contribution in [3.05, 3.63) is 0 Å². The van der Waals surface area contributed by atoms with Crippen molar-refractivity contribution in [1.29, 1.82) is 0 Å². The van der Waals surface area contributed by atoms with Crippen molar-refractivity contribution >= 4 is 23.3 Å². The topological polar surface area (TPSA) is 148 Å². The summed E-state index contributed by atoms with van der Waals surface area (Å²) in [6, 6.07) is 0.199. The summed E-state index contributed by atoms with van der Waals surface area (Å²) in [6.45, 7) is 0.818. The molecule has 0 radical (unpaired) electrons. The summed E-state index contributed by atoms with van der Waals surface area (Å²) in [5, 5.41) is 27.5. The maximum absolute atomic E-state index is 13.1. The molecule has 3 aliphatic rings. The van der Waals surface area contributed by atoms with E-state index in [2.05, 4.69) is 4.90 Å². The van der Waals surface area contributed by atoms with Crippen LogP contribution in [0.1, 0.15) is 19.3 Å². The third kappa shape index (κ3) is 3.51. The van der Waals surface area contributed by atoms with Crippen LogP contribution in [0.15, 0.2) is 0 Å². The molecule has 4 atom stereocenters. The van der Waals surface area contributed by atoms with Crippen molar-refractivity contribution in [3.63, 3.8) is 0 Å². The van der Waals surface area contributed by atoms with Gasteiger partial charge in [0.1, 0.15) is 5.54 Å². The quantitative estimate of drug-likeness (QED) is 0.351. The average molecular weight is 390 g/mol. The molecule has 2 aliphatic heterocycles. The van der Waals surface area contributed by atoms with Gasteiger partial charge < -0.3 is 25.8 Å². The van der Waals surface area contributed by atoms with Crippen LogP contribution < -0.4 is 5.73 Å². The number of carboxylic acid groups (broad SMARTS) is 1. The lowest BCUT2D eigenvalue weighted by atomic mass is 9.78. The Bertz CT molecular complexity index is 664. The van der Waals surface area contributed by atoms with Crippen LogP contribution in [0.5, 0.6) is 0 Å². The van der Waals surface area contributed by atoms with E-state index >= 15 is 0 Å². The van der Waals surface area contributed by atoms with E-state index in [9.17, 15) is 18.3 Å². The van der Waals surface area contributed by atoms with Gasteiger partial charge in [-0.1, -0.05) is 6.42 Å². The van der Waals surface area contributed by atoms with Gasteiger partial charge in [0.25, 0.3) is 10.2 Å². The number of fused-ring (bicyclic) bond motifs is 1. The van der Waals surface area contributed by atoms with E-state index in [1.807, 2.05) is 7.05 Å². The molecule has 1 saturated carbocycles. The fraction of sp³-hybridized carbons (Fsp3) is 0.929. The Labute approximate surface area is 153 Å². The van der Waals surface area contributed by atoms with E-state index in [-0.39, 0.29) is 31.5 Å². The normalized spacial score (nSPS) is 36.1. The number of hydrogen-bond donors (Lipinski definition) is 4. The minimum absolute atomic E-state index is 0.0381. The standard InChI is InChI=1S/C14H27BN4O6S/c1-17-5-6-19(12-7-11(12)17)26(24,25)18-8-10(3-2-4-15(22)23)14(16,9-18)13(20)21/h10-12,22-23H,2-9,16H2,1H3,(H,20,21)/t10-,11-,12?,14-/m0/s1. The number of carbonyl (C=O) groups is 1. The monoisotopic (exact) mass is 390 g/mol. The first-order chi connectivity index (χ1) is 12.1. The van der Waals surface area contributed by atoms with Gasteiger partial charge in [0.2, 0.25) is 0 Å². The zero-order valence-electron chi connectivity index (χ0n) is 14.9. The van der Waals surface area contributed by atoms with Gasteiger partial charge in [-0.15, -0.1) is 0 Å². The minimum Gasteiger partial charge on any atom is -0.480 e. The predicted molar refractivity (Wildman–Crippen MR) is 94.3 cm³/mol. The van der Waals surface area contributed by atoms with E-state index in [1.54, 1.807) is 0 Å². The number of likely N-dealkylation sites (N-methyl/N-ethyl adjacent to an activating group) is 1. The number of nitrogens with two attached hydrogens (primary N) is 1. The Hall–Kier alpha value is -0.755. The van der Waals surface area contributed by atoms with Gasteiger partial charge in [-0.25, -0.2) is 0 Å². The molecular weight excluding hydrogens is 363 g/mol. The Morgan fingerprint density at radius 3 is 2.62 bits per heavy atom. The molecule has 0 amide bonds. The first-order valence-corrected chi connectivity index (χ1v) is 10.3. The molecule has 3 fully saturated rings. The Kier molecular flexibility index (Phi) is 5.39. The fourth-order valence-electron chi connectivity index (χ4n) is 4.18. The number of piperazine rings is 1. The van der Waals surface area contributed by atoms with Gasteiger partial charge in [-0.2, -0.15) is 17.0 Å². The van der Waals surface area contributed by atoms with Crippen LogP contribution in [-0.2, 0) is 15.0 Å². The lowest BCUT2D eigenvalue weighted by molar-refractivity contribution is -0.144. The molecule has 0 aromatic heterocycles. The second-order valence-electron chi connectivity index (χ2n) is 7.72. The first-order valence-electron chi connectivity index (χ1n) is 8.93. The Morgan fingerprint density at radius 2 is 2.00 bits per heavy atom. The molecule has 26 heavy (non-hydrogen) atoms. The third-order valence-electron chi connectivity index (χ3n) is 5.96. The number of carboxylic acids is 1. The minimum atomic E-state index is -3.77. The molecule has 10 nitrogen and oxygen atoms in total. The second-order valence-corrected chi connectivity index (χ2v) is 9.60. The van der Waals surface area contributed by atoms with Crippen LogP contribution >= 0.6 is 0 Å². The highest BCUT2D eigenvalue weighted by atomic mass is 32.2. The van der Waals surface area contributed by atoms with Crippen molar-refractivity contribution in [2.24, 2.45) is 11.7 Å². The molecule has 2 saturated heterocycles. The van der Waals surface area contributed by atoms with Gasteiger partial charge in [-0.05, 0) is 26.2 Å². The highest BCUT2D eigenvalue weighted by Gasteiger charge is 2.57. The highest BCUT2D eigenvalue weighted by molar-refractivity contribution is 7.86. The number of nitrogens with zero attached hydrogens (tertiary/aromatic N) is 3. The summed E-state index contributed by atoms with van der Waals surface area (Å²) in [4.78, 5) is 13.9. The van der Waals surface area contributed by atoms with Crippen LogP contribution in [-0.4, -0.2) is 101 Å². The van der Waals surface area contributed by atoms with E-state index in [0.717, 1.165) is 6.42 Å². The van der Waals surface area contributed by atoms with Crippen molar-refractivity contribution in [1.82, 2.24) is 13.5 Å². The Balaban J connectivity index is 1.73. The van der Waals surface area contributed by atoms with E-state index < -0.39 is 34.8 Å². The molecule has 3 rings (SSSR count). The van der Waals surface area contributed by atoms with Crippen molar-refractivity contribution in [2.75, 3.05) is 33.2 Å². The Morgan fingerprint density at radius 1 is 1.31 bits per heavy atom. The van der Waals surface area contributed by atoms with Gasteiger partial charge in [-0.3, -0.25) is 4.79 Å². The van der Waals surface area contributed by atoms with E-state index in [1.165, 1.54) is 8.61 Å². The maximum atomic E-state index is 13.1. The van der Waals surface area contributed by atoms with Gasteiger partial charge in [0.05, 0.1) is 0 Å². The smallest absolute Gasteiger partial charge is 0.451 e. The third-order valence-corrected chi connectivity index (χ3v) is 7.94. The molecule has 1 aliphatic carbocycles. The van der Waals surface area contributed by atoms with E-state index in [4.69, 9.17) is 15.8 Å².